The van der Waals surface area contributed by atoms with Crippen LogP contribution in [-0.2, 0) is 15.1 Å². The van der Waals surface area contributed by atoms with E-state index in [0.717, 1.165) is 10.5 Å². The van der Waals surface area contributed by atoms with Crippen LogP contribution in [0.4, 0.5) is 9.18 Å². The van der Waals surface area contributed by atoms with E-state index in [2.05, 4.69) is 10.6 Å². The first-order chi connectivity index (χ1) is 13.4. The summed E-state index contributed by atoms with van der Waals surface area (Å²) in [5, 5.41) is 5.47. The van der Waals surface area contributed by atoms with Crippen LogP contribution in [0, 0.1) is 5.82 Å². The first-order valence-electron chi connectivity index (χ1n) is 9.12. The summed E-state index contributed by atoms with van der Waals surface area (Å²) in [5.41, 5.74) is 0.105. The normalized spacial score (nSPS) is 20.0. The first-order valence-corrected chi connectivity index (χ1v) is 9.12. The van der Waals surface area contributed by atoms with Crippen LogP contribution in [0.5, 0.6) is 0 Å². The number of carbonyl (C=O) groups excluding carboxylic acids is 3. The van der Waals surface area contributed by atoms with Crippen LogP contribution in [0.1, 0.15) is 37.4 Å². The van der Waals surface area contributed by atoms with Crippen molar-refractivity contribution >= 4 is 17.8 Å². The molecule has 1 saturated heterocycles. The van der Waals surface area contributed by atoms with Crippen molar-refractivity contribution in [1.29, 1.82) is 0 Å². The predicted molar refractivity (Wildman–Crippen MR) is 102 cm³/mol. The quantitative estimate of drug-likeness (QED) is 0.753. The van der Waals surface area contributed by atoms with Gasteiger partial charge in [0.15, 0.2) is 0 Å². The molecule has 2 aromatic rings. The zero-order valence-electron chi connectivity index (χ0n) is 15.7. The second kappa shape index (κ2) is 7.80. The molecule has 146 valence electrons. The van der Waals surface area contributed by atoms with Gasteiger partial charge >= 0.3 is 6.03 Å². The molecule has 1 heterocycles. The smallest absolute Gasteiger partial charge is 0.325 e. The number of hydrogen-bond donors (Lipinski definition) is 2. The fraction of sp³-hybridized carbons (Fsp3) is 0.286. The van der Waals surface area contributed by atoms with E-state index in [1.807, 2.05) is 37.3 Å². The van der Waals surface area contributed by atoms with Crippen molar-refractivity contribution in [2.24, 2.45) is 0 Å². The largest absolute Gasteiger partial charge is 0.348 e. The molecule has 1 aliphatic rings. The Kier molecular flexibility index (Phi) is 5.44. The lowest BCUT2D eigenvalue weighted by molar-refractivity contribution is -0.135. The van der Waals surface area contributed by atoms with Gasteiger partial charge in [-0.2, -0.15) is 0 Å². The average molecular weight is 383 g/mol. The maximum atomic E-state index is 13.3. The molecule has 0 aliphatic carbocycles. The van der Waals surface area contributed by atoms with Gasteiger partial charge in [-0.3, -0.25) is 14.5 Å². The minimum atomic E-state index is -1.30. The van der Waals surface area contributed by atoms with Crippen LogP contribution in [0.25, 0.3) is 0 Å². The van der Waals surface area contributed by atoms with Gasteiger partial charge in [-0.25, -0.2) is 9.18 Å². The van der Waals surface area contributed by atoms with Crippen molar-refractivity contribution in [2.45, 2.75) is 31.8 Å². The van der Waals surface area contributed by atoms with Gasteiger partial charge in [0.2, 0.25) is 5.91 Å². The summed E-state index contributed by atoms with van der Waals surface area (Å²) in [6.45, 7) is 3.20. The van der Waals surface area contributed by atoms with E-state index in [1.54, 1.807) is 6.92 Å². The third kappa shape index (κ3) is 3.60. The number of hydrogen-bond acceptors (Lipinski definition) is 3. The lowest BCUT2D eigenvalue weighted by Gasteiger charge is -2.25. The molecule has 0 radical (unpaired) electrons. The van der Waals surface area contributed by atoms with E-state index in [1.165, 1.54) is 24.3 Å². The Morgan fingerprint density at radius 2 is 1.79 bits per heavy atom. The second-order valence-corrected chi connectivity index (χ2v) is 6.79. The average Bonchev–Trinajstić information content (AvgIpc) is 2.94. The van der Waals surface area contributed by atoms with Crippen molar-refractivity contribution in [1.82, 2.24) is 15.5 Å². The molecular weight excluding hydrogens is 361 g/mol. The SMILES string of the molecule is CCC1(c2ccc(F)cc2)NC(=O)N(CC(=O)NC(C)c2ccccc2)C1=O. The molecule has 0 bridgehead atoms. The molecule has 0 aromatic heterocycles. The minimum absolute atomic E-state index is 0.262. The zero-order valence-corrected chi connectivity index (χ0v) is 15.7. The van der Waals surface area contributed by atoms with Crippen molar-refractivity contribution in [3.8, 4) is 0 Å². The Labute approximate surface area is 162 Å². The summed E-state index contributed by atoms with van der Waals surface area (Å²) < 4.78 is 13.3. The number of nitrogens with one attached hydrogen (secondary N) is 2. The van der Waals surface area contributed by atoms with Crippen LogP contribution >= 0.6 is 0 Å². The van der Waals surface area contributed by atoms with E-state index in [9.17, 15) is 18.8 Å². The molecule has 3 rings (SSSR count). The summed E-state index contributed by atoms with van der Waals surface area (Å²) >= 11 is 0. The summed E-state index contributed by atoms with van der Waals surface area (Å²) in [6.07, 6.45) is 0.280. The van der Waals surface area contributed by atoms with Gasteiger partial charge < -0.3 is 10.6 Å². The van der Waals surface area contributed by atoms with Crippen LogP contribution in [0.3, 0.4) is 0 Å². The van der Waals surface area contributed by atoms with Gasteiger partial charge in [0, 0.05) is 0 Å². The van der Waals surface area contributed by atoms with Gasteiger partial charge in [0.05, 0.1) is 6.04 Å². The number of carbonyl (C=O) groups is 3. The number of benzene rings is 2. The summed E-state index contributed by atoms with van der Waals surface area (Å²) in [5.74, 6) is -1.39. The highest BCUT2D eigenvalue weighted by molar-refractivity contribution is 6.09. The monoisotopic (exact) mass is 383 g/mol. The van der Waals surface area contributed by atoms with E-state index in [0.29, 0.717) is 5.56 Å². The predicted octanol–water partition coefficient (Wildman–Crippen LogP) is 2.86. The van der Waals surface area contributed by atoms with E-state index >= 15 is 0 Å². The standard InChI is InChI=1S/C21H22FN3O3/c1-3-21(16-9-11-17(22)12-10-16)19(27)25(20(28)24-21)13-18(26)23-14(2)15-7-5-4-6-8-15/h4-12,14H,3,13H2,1-2H3,(H,23,26)(H,24,28). The number of imide groups is 1. The highest BCUT2D eigenvalue weighted by Gasteiger charge is 2.51. The van der Waals surface area contributed by atoms with Gasteiger partial charge in [-0.15, -0.1) is 0 Å². The fourth-order valence-electron chi connectivity index (χ4n) is 3.40. The molecule has 2 atom stereocenters. The molecule has 0 spiro atoms. The number of amides is 4. The first kappa shape index (κ1) is 19.5. The van der Waals surface area contributed by atoms with E-state index in [-0.39, 0.29) is 19.0 Å². The van der Waals surface area contributed by atoms with Crippen LogP contribution in [-0.4, -0.2) is 29.3 Å². The Balaban J connectivity index is 1.74. The highest BCUT2D eigenvalue weighted by Crippen LogP contribution is 2.32. The molecule has 0 saturated carbocycles. The van der Waals surface area contributed by atoms with Crippen molar-refractivity contribution < 1.29 is 18.8 Å². The molecule has 2 unspecified atom stereocenters. The van der Waals surface area contributed by atoms with Crippen molar-refractivity contribution in [2.75, 3.05) is 6.54 Å². The Hall–Kier alpha value is -3.22. The molecular formula is C21H22FN3O3. The molecule has 4 amide bonds. The molecule has 6 nitrogen and oxygen atoms in total. The van der Waals surface area contributed by atoms with Crippen molar-refractivity contribution in [3.05, 3.63) is 71.5 Å². The molecule has 2 aromatic carbocycles. The lowest BCUT2D eigenvalue weighted by Crippen LogP contribution is -2.45. The number of halogens is 1. The summed E-state index contributed by atoms with van der Waals surface area (Å²) in [7, 11) is 0. The molecule has 7 heteroatoms. The molecule has 28 heavy (non-hydrogen) atoms. The van der Waals surface area contributed by atoms with E-state index < -0.39 is 29.2 Å². The topological polar surface area (TPSA) is 78.5 Å². The molecule has 2 N–H and O–H groups in total. The minimum Gasteiger partial charge on any atom is -0.348 e. The second-order valence-electron chi connectivity index (χ2n) is 6.79. The Morgan fingerprint density at radius 1 is 1.14 bits per heavy atom. The molecule has 1 fully saturated rings. The van der Waals surface area contributed by atoms with Crippen LogP contribution in [0.15, 0.2) is 54.6 Å². The zero-order chi connectivity index (χ0) is 20.3. The number of urea groups is 1. The third-order valence-corrected chi connectivity index (χ3v) is 5.02. The fourth-order valence-corrected chi connectivity index (χ4v) is 3.40. The lowest BCUT2D eigenvalue weighted by atomic mass is 9.87. The van der Waals surface area contributed by atoms with Crippen molar-refractivity contribution in [3.63, 3.8) is 0 Å². The van der Waals surface area contributed by atoms with Gasteiger partial charge in [-0.1, -0.05) is 49.4 Å². The maximum absolute atomic E-state index is 13.3. The maximum Gasteiger partial charge on any atom is 0.325 e. The van der Waals surface area contributed by atoms with Gasteiger partial charge in [0.25, 0.3) is 5.91 Å². The molecule has 1 aliphatic heterocycles. The number of nitrogens with zero attached hydrogens (tertiary/aromatic N) is 1. The van der Waals surface area contributed by atoms with Crippen LogP contribution in [0.2, 0.25) is 0 Å². The van der Waals surface area contributed by atoms with E-state index in [4.69, 9.17) is 0 Å². The summed E-state index contributed by atoms with van der Waals surface area (Å²) in [4.78, 5) is 38.8. The highest BCUT2D eigenvalue weighted by atomic mass is 19.1. The number of rotatable bonds is 6. The van der Waals surface area contributed by atoms with Gasteiger partial charge in [-0.05, 0) is 36.6 Å². The third-order valence-electron chi connectivity index (χ3n) is 5.02. The Morgan fingerprint density at radius 3 is 2.39 bits per heavy atom. The summed E-state index contributed by atoms with van der Waals surface area (Å²) in [6, 6.07) is 13.9. The van der Waals surface area contributed by atoms with Crippen LogP contribution < -0.4 is 10.6 Å². The Bertz CT molecular complexity index is 886. The van der Waals surface area contributed by atoms with Gasteiger partial charge in [0.1, 0.15) is 17.9 Å².